The van der Waals surface area contributed by atoms with Crippen molar-refractivity contribution in [2.24, 2.45) is 0 Å². The van der Waals surface area contributed by atoms with Crippen molar-refractivity contribution >= 4 is 52.5 Å². The molecule has 1 unspecified atom stereocenters. The summed E-state index contributed by atoms with van der Waals surface area (Å²) in [5.41, 5.74) is -0.0232. The second-order valence-electron chi connectivity index (χ2n) is 7.56. The number of carbonyl (C=O) groups excluding carboxylic acids is 2. The number of rotatable bonds is 9. The summed E-state index contributed by atoms with van der Waals surface area (Å²) in [6.45, 7) is 0. The Bertz CT molecular complexity index is 1240. The molecule has 11 heteroatoms. The van der Waals surface area contributed by atoms with Gasteiger partial charge in [-0.25, -0.2) is 0 Å². The molecule has 0 aromatic heterocycles. The van der Waals surface area contributed by atoms with Crippen molar-refractivity contribution in [2.45, 2.75) is 29.2 Å². The van der Waals surface area contributed by atoms with Gasteiger partial charge in [0.05, 0.1) is 22.7 Å². The third kappa shape index (κ3) is 7.76. The second kappa shape index (κ2) is 12.0. The zero-order valence-electron chi connectivity index (χ0n) is 18.5. The molecule has 6 nitrogen and oxygen atoms in total. The molecule has 3 aromatic rings. The Kier molecular flexibility index (Phi) is 9.00. The molecule has 2 amide bonds. The number of carboxylic acid groups (broad SMARTS) is 1. The molecule has 1 atom stereocenters. The van der Waals surface area contributed by atoms with E-state index in [1.54, 1.807) is 54.6 Å². The van der Waals surface area contributed by atoms with Crippen LogP contribution in [0, 0.1) is 0 Å². The van der Waals surface area contributed by atoms with Crippen molar-refractivity contribution in [1.29, 1.82) is 0 Å². The Labute approximate surface area is 213 Å². The molecule has 0 saturated heterocycles. The molecule has 0 fully saturated rings. The summed E-state index contributed by atoms with van der Waals surface area (Å²) in [6.07, 6.45) is -5.05. The molecule has 0 aliphatic rings. The van der Waals surface area contributed by atoms with E-state index in [1.165, 1.54) is 0 Å². The number of alkyl halides is 3. The first-order valence-corrected chi connectivity index (χ1v) is 11.8. The molecule has 0 spiro atoms. The molecule has 0 saturated carbocycles. The van der Waals surface area contributed by atoms with Gasteiger partial charge in [-0.05, 0) is 48.0 Å². The Morgan fingerprint density at radius 2 is 1.58 bits per heavy atom. The van der Waals surface area contributed by atoms with Crippen LogP contribution in [0.25, 0.3) is 0 Å². The van der Waals surface area contributed by atoms with Crippen LogP contribution in [0.1, 0.15) is 29.2 Å². The van der Waals surface area contributed by atoms with Crippen molar-refractivity contribution in [3.63, 3.8) is 0 Å². The SMILES string of the molecule is O=C(O)CCC(=O)Nc1ccc(SC(C(=O)Nc2cc(C(F)(F)F)ccc2Cl)c2ccccc2)cc1. The van der Waals surface area contributed by atoms with Crippen LogP contribution < -0.4 is 10.6 Å². The molecule has 0 radical (unpaired) electrons. The van der Waals surface area contributed by atoms with Gasteiger partial charge in [0, 0.05) is 17.0 Å². The maximum Gasteiger partial charge on any atom is 0.416 e. The number of aliphatic carboxylic acids is 1. The van der Waals surface area contributed by atoms with Crippen LogP contribution in [0.5, 0.6) is 0 Å². The average molecular weight is 537 g/mol. The minimum absolute atomic E-state index is 0.0313. The fraction of sp³-hybridized carbons (Fsp3) is 0.160. The monoisotopic (exact) mass is 536 g/mol. The third-order valence-corrected chi connectivity index (χ3v) is 6.45. The van der Waals surface area contributed by atoms with Crippen molar-refractivity contribution in [3.8, 4) is 0 Å². The van der Waals surface area contributed by atoms with Crippen molar-refractivity contribution in [3.05, 3.63) is 88.9 Å². The van der Waals surface area contributed by atoms with Gasteiger partial charge in [0.2, 0.25) is 11.8 Å². The number of carboxylic acids is 1. The minimum Gasteiger partial charge on any atom is -0.481 e. The summed E-state index contributed by atoms with van der Waals surface area (Å²) in [6, 6.07) is 17.9. The zero-order chi connectivity index (χ0) is 26.3. The predicted molar refractivity (Wildman–Crippen MR) is 132 cm³/mol. The first kappa shape index (κ1) is 27.1. The molecule has 3 N–H and O–H groups in total. The highest BCUT2D eigenvalue weighted by molar-refractivity contribution is 8.00. The average Bonchev–Trinajstić information content (AvgIpc) is 2.83. The van der Waals surface area contributed by atoms with Gasteiger partial charge in [-0.2, -0.15) is 13.2 Å². The van der Waals surface area contributed by atoms with E-state index in [1.807, 2.05) is 0 Å². The van der Waals surface area contributed by atoms with Gasteiger partial charge in [0.25, 0.3) is 0 Å². The largest absolute Gasteiger partial charge is 0.481 e. The van der Waals surface area contributed by atoms with Gasteiger partial charge < -0.3 is 15.7 Å². The quantitative estimate of drug-likeness (QED) is 0.267. The van der Waals surface area contributed by atoms with E-state index in [2.05, 4.69) is 10.6 Å². The highest BCUT2D eigenvalue weighted by atomic mass is 35.5. The Morgan fingerprint density at radius 1 is 0.917 bits per heavy atom. The lowest BCUT2D eigenvalue weighted by molar-refractivity contribution is -0.138. The van der Waals surface area contributed by atoms with Gasteiger partial charge in [0.15, 0.2) is 0 Å². The highest BCUT2D eigenvalue weighted by Crippen LogP contribution is 2.38. The molecule has 188 valence electrons. The van der Waals surface area contributed by atoms with Gasteiger partial charge in [-0.1, -0.05) is 41.9 Å². The van der Waals surface area contributed by atoms with E-state index in [4.69, 9.17) is 16.7 Å². The van der Waals surface area contributed by atoms with Gasteiger partial charge in [-0.15, -0.1) is 11.8 Å². The van der Waals surface area contributed by atoms with Crippen LogP contribution in [-0.4, -0.2) is 22.9 Å². The van der Waals surface area contributed by atoms with Crippen LogP contribution in [0.15, 0.2) is 77.7 Å². The van der Waals surface area contributed by atoms with Gasteiger partial charge >= 0.3 is 12.1 Å². The van der Waals surface area contributed by atoms with Gasteiger partial charge in [-0.3, -0.25) is 14.4 Å². The van der Waals surface area contributed by atoms with E-state index < -0.39 is 34.8 Å². The lowest BCUT2D eigenvalue weighted by atomic mass is 10.1. The normalized spacial score (nSPS) is 12.0. The number of nitrogens with one attached hydrogen (secondary N) is 2. The summed E-state index contributed by atoms with van der Waals surface area (Å²) >= 11 is 7.20. The van der Waals surface area contributed by atoms with E-state index in [0.29, 0.717) is 16.1 Å². The second-order valence-corrected chi connectivity index (χ2v) is 9.14. The van der Waals surface area contributed by atoms with Crippen LogP contribution in [0.3, 0.4) is 0 Å². The molecule has 36 heavy (non-hydrogen) atoms. The molecule has 3 aromatic carbocycles. The molecule has 0 bridgehead atoms. The van der Waals surface area contributed by atoms with Crippen LogP contribution in [0.4, 0.5) is 24.5 Å². The maximum absolute atomic E-state index is 13.2. The number of thioether (sulfide) groups is 1. The van der Waals surface area contributed by atoms with Crippen molar-refractivity contribution < 1.29 is 32.7 Å². The Balaban J connectivity index is 1.78. The number of anilines is 2. The topological polar surface area (TPSA) is 95.5 Å². The number of halogens is 4. The molecular weight excluding hydrogens is 517 g/mol. The minimum atomic E-state index is -4.59. The first-order chi connectivity index (χ1) is 17.0. The fourth-order valence-electron chi connectivity index (χ4n) is 3.09. The van der Waals surface area contributed by atoms with Crippen LogP contribution in [-0.2, 0) is 20.6 Å². The molecular formula is C25H20ClF3N2O4S. The highest BCUT2D eigenvalue weighted by Gasteiger charge is 2.31. The lowest BCUT2D eigenvalue weighted by Gasteiger charge is -2.18. The standard InChI is InChI=1S/C25H20ClF3N2O4S/c26-19-11-6-16(25(27,28)29)14-20(19)31-24(35)23(15-4-2-1-3-5-15)36-18-9-7-17(8-10-18)30-21(32)12-13-22(33)34/h1-11,14,23H,12-13H2,(H,30,32)(H,31,35)(H,33,34). The lowest BCUT2D eigenvalue weighted by Crippen LogP contribution is -2.19. The summed E-state index contributed by atoms with van der Waals surface area (Å²) in [5, 5.41) is 12.9. The summed E-state index contributed by atoms with van der Waals surface area (Å²) < 4.78 is 39.4. The van der Waals surface area contributed by atoms with E-state index in [-0.39, 0.29) is 23.6 Å². The Morgan fingerprint density at radius 3 is 2.19 bits per heavy atom. The summed E-state index contributed by atoms with van der Waals surface area (Å²) in [5.74, 6) is -2.09. The number of carbonyl (C=O) groups is 3. The third-order valence-electron chi connectivity index (χ3n) is 4.85. The van der Waals surface area contributed by atoms with E-state index in [0.717, 1.165) is 30.0 Å². The molecule has 0 heterocycles. The van der Waals surface area contributed by atoms with Crippen molar-refractivity contribution in [1.82, 2.24) is 0 Å². The number of amides is 2. The number of hydrogen-bond acceptors (Lipinski definition) is 4. The predicted octanol–water partition coefficient (Wildman–Crippen LogP) is 6.63. The summed E-state index contributed by atoms with van der Waals surface area (Å²) in [4.78, 5) is 36.3. The number of hydrogen-bond donors (Lipinski definition) is 3. The maximum atomic E-state index is 13.2. The smallest absolute Gasteiger partial charge is 0.416 e. The van der Waals surface area contributed by atoms with Gasteiger partial charge in [0.1, 0.15) is 5.25 Å². The number of benzene rings is 3. The first-order valence-electron chi connectivity index (χ1n) is 10.5. The zero-order valence-corrected chi connectivity index (χ0v) is 20.1. The van der Waals surface area contributed by atoms with E-state index >= 15 is 0 Å². The van der Waals surface area contributed by atoms with Crippen molar-refractivity contribution in [2.75, 3.05) is 10.6 Å². The summed E-state index contributed by atoms with van der Waals surface area (Å²) in [7, 11) is 0. The van der Waals surface area contributed by atoms with E-state index in [9.17, 15) is 27.6 Å². The fourth-order valence-corrected chi connectivity index (χ4v) is 4.28. The van der Waals surface area contributed by atoms with Crippen LogP contribution >= 0.6 is 23.4 Å². The Hall–Kier alpha value is -3.50. The van der Waals surface area contributed by atoms with Crippen LogP contribution in [0.2, 0.25) is 5.02 Å². The molecule has 0 aliphatic carbocycles. The molecule has 0 aliphatic heterocycles. The molecule has 3 rings (SSSR count).